The van der Waals surface area contributed by atoms with Gasteiger partial charge < -0.3 is 0 Å². The lowest BCUT2D eigenvalue weighted by molar-refractivity contribution is 0.0987. The van der Waals surface area contributed by atoms with Gasteiger partial charge in [-0.2, -0.15) is 0 Å². The van der Waals surface area contributed by atoms with Crippen molar-refractivity contribution in [3.8, 4) is 0 Å². The van der Waals surface area contributed by atoms with Gasteiger partial charge in [0.1, 0.15) is 10.7 Å². The van der Waals surface area contributed by atoms with E-state index in [4.69, 9.17) is 0 Å². The molecule has 33 heavy (non-hydrogen) atoms. The van der Waals surface area contributed by atoms with E-state index in [1.54, 1.807) is 0 Å². The third-order valence-corrected chi connectivity index (χ3v) is 8.05. The number of thiazole rings is 1. The van der Waals surface area contributed by atoms with Crippen molar-refractivity contribution in [3.05, 3.63) is 89.7 Å². The fourth-order valence-electron chi connectivity index (χ4n) is 3.33. The van der Waals surface area contributed by atoms with Gasteiger partial charge in [0.15, 0.2) is 5.13 Å². The number of nitrogens with zero attached hydrogens (tertiary/aromatic N) is 3. The molecule has 0 aliphatic rings. The summed E-state index contributed by atoms with van der Waals surface area (Å²) in [5.41, 5.74) is 1.89. The van der Waals surface area contributed by atoms with E-state index >= 15 is 0 Å². The minimum Gasteiger partial charge on any atom is -0.284 e. The quantitative estimate of drug-likeness (QED) is 0.386. The number of carbonyl (C=O) groups is 1. The van der Waals surface area contributed by atoms with E-state index in [-0.39, 0.29) is 5.56 Å². The van der Waals surface area contributed by atoms with Crippen LogP contribution in [0.15, 0.2) is 77.7 Å². The van der Waals surface area contributed by atoms with Gasteiger partial charge in [0.2, 0.25) is 10.0 Å². The Hall–Kier alpha value is -3.14. The zero-order valence-electron chi connectivity index (χ0n) is 18.1. The average Bonchev–Trinajstić information content (AvgIpc) is 3.23. The van der Waals surface area contributed by atoms with Gasteiger partial charge >= 0.3 is 0 Å². The number of sulfonamides is 1. The second-order valence-corrected chi connectivity index (χ2v) is 10.7. The maximum atomic E-state index is 14.4. The van der Waals surface area contributed by atoms with Crippen LogP contribution in [0.1, 0.15) is 15.9 Å². The number of para-hydroxylation sites is 1. The molecule has 0 unspecified atom stereocenters. The molecule has 6 nitrogen and oxygen atoms in total. The molecule has 4 aromatic rings. The van der Waals surface area contributed by atoms with Crippen molar-refractivity contribution in [2.75, 3.05) is 25.5 Å². The normalized spacial score (nSPS) is 11.8. The molecule has 0 saturated carbocycles. The summed E-state index contributed by atoms with van der Waals surface area (Å²) in [5.74, 6) is -1.35. The Morgan fingerprint density at radius 3 is 2.39 bits per heavy atom. The minimum absolute atomic E-state index is 0.0733. The van der Waals surface area contributed by atoms with Gasteiger partial charge in [0.25, 0.3) is 5.91 Å². The molecule has 0 atom stereocenters. The van der Waals surface area contributed by atoms with Crippen molar-refractivity contribution >= 4 is 42.6 Å². The molecule has 170 valence electrons. The molecule has 0 saturated heterocycles. The van der Waals surface area contributed by atoms with Crippen LogP contribution in [0.4, 0.5) is 9.52 Å². The molecule has 1 aromatic heterocycles. The van der Waals surface area contributed by atoms with E-state index in [1.807, 2.05) is 54.6 Å². The zero-order valence-corrected chi connectivity index (χ0v) is 19.7. The van der Waals surface area contributed by atoms with E-state index < -0.39 is 26.6 Å². The smallest absolute Gasteiger partial charge is 0.260 e. The summed E-state index contributed by atoms with van der Waals surface area (Å²) < 4.78 is 41.3. The van der Waals surface area contributed by atoms with Gasteiger partial charge in [-0.05, 0) is 42.3 Å². The Bertz CT molecular complexity index is 1370. The Morgan fingerprint density at radius 2 is 1.70 bits per heavy atom. The molecule has 1 heterocycles. The number of amides is 1. The van der Waals surface area contributed by atoms with E-state index in [9.17, 15) is 17.6 Å². The maximum Gasteiger partial charge on any atom is 0.260 e. The van der Waals surface area contributed by atoms with Gasteiger partial charge in [0, 0.05) is 26.2 Å². The second kappa shape index (κ2) is 9.38. The number of carbonyl (C=O) groups excluding carboxylic acids is 1. The number of hydrogen-bond donors (Lipinski definition) is 0. The summed E-state index contributed by atoms with van der Waals surface area (Å²) in [7, 11) is -1.42. The molecule has 9 heteroatoms. The van der Waals surface area contributed by atoms with E-state index in [0.29, 0.717) is 18.1 Å². The van der Waals surface area contributed by atoms with Gasteiger partial charge in [-0.15, -0.1) is 0 Å². The number of fused-ring (bicyclic) bond motifs is 1. The average molecular weight is 484 g/mol. The van der Waals surface area contributed by atoms with Gasteiger partial charge in [0.05, 0.1) is 10.2 Å². The second-order valence-electron chi connectivity index (χ2n) is 7.59. The van der Waals surface area contributed by atoms with E-state index in [0.717, 1.165) is 32.2 Å². The highest BCUT2D eigenvalue weighted by molar-refractivity contribution is 7.89. The Labute approximate surface area is 196 Å². The van der Waals surface area contributed by atoms with Crippen LogP contribution in [-0.2, 0) is 16.4 Å². The van der Waals surface area contributed by atoms with Crippen molar-refractivity contribution < 1.29 is 17.6 Å². The van der Waals surface area contributed by atoms with E-state index in [1.165, 1.54) is 36.4 Å². The first kappa shape index (κ1) is 23.0. The van der Waals surface area contributed by atoms with Gasteiger partial charge in [-0.1, -0.05) is 53.8 Å². The number of aromatic nitrogens is 1. The standard InChI is InChI=1S/C24H22FN3O3S2/c1-27(2)33(30,31)22-16-18(12-13-19(22)25)23(29)28(15-14-17-8-4-3-5-9-17)24-26-20-10-6-7-11-21(20)32-24/h3-13,16H,14-15H2,1-2H3. The predicted octanol–water partition coefficient (Wildman–Crippen LogP) is 4.58. The van der Waals surface area contributed by atoms with Crippen molar-refractivity contribution in [3.63, 3.8) is 0 Å². The van der Waals surface area contributed by atoms with Crippen molar-refractivity contribution in [1.82, 2.24) is 9.29 Å². The van der Waals surface area contributed by atoms with Crippen molar-refractivity contribution in [2.45, 2.75) is 11.3 Å². The molecular formula is C24H22FN3O3S2. The number of hydrogen-bond acceptors (Lipinski definition) is 5. The third-order valence-electron chi connectivity index (χ3n) is 5.16. The fraction of sp³-hybridized carbons (Fsp3) is 0.167. The SMILES string of the molecule is CN(C)S(=O)(=O)c1cc(C(=O)N(CCc2ccccc2)c2nc3ccccc3s2)ccc1F. The largest absolute Gasteiger partial charge is 0.284 e. The molecule has 4 rings (SSSR count). The maximum absolute atomic E-state index is 14.4. The summed E-state index contributed by atoms with van der Waals surface area (Å²) >= 11 is 1.37. The van der Waals surface area contributed by atoms with Crippen molar-refractivity contribution in [2.24, 2.45) is 0 Å². The van der Waals surface area contributed by atoms with Crippen LogP contribution in [0, 0.1) is 5.82 Å². The molecule has 0 fully saturated rings. The molecule has 0 N–H and O–H groups in total. The zero-order chi connectivity index (χ0) is 23.6. The Morgan fingerprint density at radius 1 is 1.00 bits per heavy atom. The first-order valence-corrected chi connectivity index (χ1v) is 12.5. The van der Waals surface area contributed by atoms with Crippen LogP contribution < -0.4 is 4.90 Å². The highest BCUT2D eigenvalue weighted by atomic mass is 32.2. The molecule has 0 aliphatic heterocycles. The number of halogens is 1. The van der Waals surface area contributed by atoms with Gasteiger partial charge in [-0.3, -0.25) is 9.69 Å². The summed E-state index contributed by atoms with van der Waals surface area (Å²) in [6.07, 6.45) is 0.576. The predicted molar refractivity (Wildman–Crippen MR) is 129 cm³/mol. The number of rotatable bonds is 7. The van der Waals surface area contributed by atoms with Crippen LogP contribution in [0.25, 0.3) is 10.2 Å². The molecule has 3 aromatic carbocycles. The summed E-state index contributed by atoms with van der Waals surface area (Å²) in [6, 6.07) is 20.7. The summed E-state index contributed by atoms with van der Waals surface area (Å²) in [5, 5.41) is 0.499. The van der Waals surface area contributed by atoms with Crippen LogP contribution in [-0.4, -0.2) is 44.3 Å². The highest BCUT2D eigenvalue weighted by Gasteiger charge is 2.26. The van der Waals surface area contributed by atoms with Crippen LogP contribution in [0.5, 0.6) is 0 Å². The summed E-state index contributed by atoms with van der Waals surface area (Å²) in [6.45, 7) is 0.329. The van der Waals surface area contributed by atoms with Gasteiger partial charge in [-0.25, -0.2) is 22.1 Å². The summed E-state index contributed by atoms with van der Waals surface area (Å²) in [4.78, 5) is 19.2. The lowest BCUT2D eigenvalue weighted by Crippen LogP contribution is -2.33. The monoisotopic (exact) mass is 483 g/mol. The molecule has 0 bridgehead atoms. The first-order valence-electron chi connectivity index (χ1n) is 10.2. The molecule has 0 radical (unpaired) electrons. The topological polar surface area (TPSA) is 70.6 Å². The number of anilines is 1. The van der Waals surface area contributed by atoms with E-state index in [2.05, 4.69) is 4.98 Å². The molecule has 0 spiro atoms. The number of benzene rings is 3. The lowest BCUT2D eigenvalue weighted by atomic mass is 10.1. The fourth-order valence-corrected chi connectivity index (χ4v) is 5.31. The highest BCUT2D eigenvalue weighted by Crippen LogP contribution is 2.30. The third kappa shape index (κ3) is 4.80. The minimum atomic E-state index is -4.06. The van der Waals surface area contributed by atoms with Crippen LogP contribution in [0.3, 0.4) is 0 Å². The first-order chi connectivity index (χ1) is 15.8. The van der Waals surface area contributed by atoms with Crippen molar-refractivity contribution in [1.29, 1.82) is 0 Å². The van der Waals surface area contributed by atoms with Crippen LogP contribution in [0.2, 0.25) is 0 Å². The lowest BCUT2D eigenvalue weighted by Gasteiger charge is -2.21. The van der Waals surface area contributed by atoms with Crippen LogP contribution >= 0.6 is 11.3 Å². The Kier molecular flexibility index (Phi) is 6.55. The molecule has 1 amide bonds. The molecule has 0 aliphatic carbocycles. The molecular weight excluding hydrogens is 461 g/mol. The Balaban J connectivity index is 1.74.